The predicted molar refractivity (Wildman–Crippen MR) is 255 cm³/mol. The van der Waals surface area contributed by atoms with Crippen molar-refractivity contribution in [1.82, 2.24) is 4.90 Å². The second-order valence-electron chi connectivity index (χ2n) is 19.9. The molecule has 374 valence electrons. The van der Waals surface area contributed by atoms with Crippen LogP contribution in [0.25, 0.3) is 0 Å². The second-order valence-corrected chi connectivity index (χ2v) is 19.9. The number of aliphatic hydroxyl groups excluding tert-OH is 2. The molecular weight excluding hydrogens is 871 g/mol. The van der Waals surface area contributed by atoms with Gasteiger partial charge in [-0.25, -0.2) is 4.79 Å². The number of cyclic esters (lactones) is 1. The van der Waals surface area contributed by atoms with Crippen LogP contribution in [0, 0.1) is 29.6 Å². The molecule has 6 rings (SSSR count). The van der Waals surface area contributed by atoms with Gasteiger partial charge in [-0.1, -0.05) is 63.6 Å². The van der Waals surface area contributed by atoms with Gasteiger partial charge in [-0.05, 0) is 132 Å². The summed E-state index contributed by atoms with van der Waals surface area (Å²) in [5, 5.41) is 35.1. The van der Waals surface area contributed by atoms with Crippen molar-refractivity contribution in [1.29, 1.82) is 0 Å². The lowest BCUT2D eigenvalue weighted by atomic mass is 9.81. The Morgan fingerprint density at radius 3 is 2.16 bits per heavy atom. The van der Waals surface area contributed by atoms with Gasteiger partial charge in [-0.3, -0.25) is 14.4 Å². The van der Waals surface area contributed by atoms with Gasteiger partial charge in [0.15, 0.2) is 0 Å². The zero-order valence-electron chi connectivity index (χ0n) is 41.2. The summed E-state index contributed by atoms with van der Waals surface area (Å²) in [6, 6.07) is 15.5. The fourth-order valence-electron chi connectivity index (χ4n) is 10.7. The van der Waals surface area contributed by atoms with Crippen molar-refractivity contribution in [3.8, 4) is 17.2 Å². The van der Waals surface area contributed by atoms with Crippen molar-refractivity contribution in [3.05, 3.63) is 77.9 Å². The summed E-state index contributed by atoms with van der Waals surface area (Å²) >= 11 is 0. The Kier molecular flexibility index (Phi) is 18.6. The fourth-order valence-corrected chi connectivity index (χ4v) is 10.7. The van der Waals surface area contributed by atoms with E-state index in [-0.39, 0.29) is 43.4 Å². The average Bonchev–Trinajstić information content (AvgIpc) is 3.33. The van der Waals surface area contributed by atoms with Crippen LogP contribution in [-0.4, -0.2) is 119 Å². The summed E-state index contributed by atoms with van der Waals surface area (Å²) in [4.78, 5) is 58.5. The Morgan fingerprint density at radius 2 is 1.49 bits per heavy atom. The van der Waals surface area contributed by atoms with E-state index >= 15 is 0 Å². The smallest absolute Gasteiger partial charge is 0.329 e. The van der Waals surface area contributed by atoms with Crippen molar-refractivity contribution in [2.24, 2.45) is 29.6 Å². The third kappa shape index (κ3) is 12.8. The highest BCUT2D eigenvalue weighted by atomic mass is 16.7. The number of ether oxygens (including phenoxy) is 6. The first-order chi connectivity index (χ1) is 32.5. The molecule has 3 fully saturated rings. The number of Topliss-reactive ketones (excluding diaryl/α,β-unsaturated/α-hetero) is 2. The van der Waals surface area contributed by atoms with Crippen molar-refractivity contribution in [2.45, 2.75) is 167 Å². The van der Waals surface area contributed by atoms with E-state index < -0.39 is 90.0 Å². The normalized spacial score (nSPS) is 35.3. The SMILES string of the molecule is CCC1C=C(C)CC(C)CC(OC)C2OC(O)(C(=O)C(=O)N3CCCCC3C(=O)OC(C(C)=CC3CCC(O)C(Oc4ccc(Oc5ccccc5)cc4)C3)C(C)C(O)CC1=O)C(C)CC2OC. The third-order valence-electron chi connectivity index (χ3n) is 14.7. The van der Waals surface area contributed by atoms with Gasteiger partial charge >= 0.3 is 5.97 Å². The van der Waals surface area contributed by atoms with E-state index in [2.05, 4.69) is 6.92 Å². The Morgan fingerprint density at radius 1 is 0.824 bits per heavy atom. The number of esters is 1. The Bertz CT molecular complexity index is 2070. The third-order valence-corrected chi connectivity index (χ3v) is 14.7. The first-order valence-electron chi connectivity index (χ1n) is 24.7. The minimum Gasteiger partial charge on any atom is -0.488 e. The van der Waals surface area contributed by atoms with Gasteiger partial charge in [-0.15, -0.1) is 0 Å². The summed E-state index contributed by atoms with van der Waals surface area (Å²) < 4.78 is 36.7. The molecule has 0 aromatic heterocycles. The summed E-state index contributed by atoms with van der Waals surface area (Å²) in [5.74, 6) is -5.90. The molecule has 1 amide bonds. The van der Waals surface area contributed by atoms with Crippen LogP contribution in [0.5, 0.6) is 17.2 Å². The number of carbonyl (C=O) groups excluding carboxylic acids is 4. The number of piperidine rings is 1. The molecule has 14 nitrogen and oxygen atoms in total. The van der Waals surface area contributed by atoms with E-state index in [1.165, 1.54) is 19.1 Å². The van der Waals surface area contributed by atoms with E-state index in [0.29, 0.717) is 74.2 Å². The summed E-state index contributed by atoms with van der Waals surface area (Å²) in [5.41, 5.74) is 1.61. The molecule has 1 saturated carbocycles. The van der Waals surface area contributed by atoms with Crippen LogP contribution in [0.2, 0.25) is 0 Å². The van der Waals surface area contributed by atoms with Gasteiger partial charge in [-0.2, -0.15) is 0 Å². The average molecular weight is 946 g/mol. The second kappa shape index (κ2) is 23.9. The number of allylic oxidation sites excluding steroid dienone is 3. The number of rotatable bonds is 9. The zero-order chi connectivity index (χ0) is 49.3. The minimum atomic E-state index is -2.53. The number of hydrogen-bond donors (Lipinski definition) is 3. The van der Waals surface area contributed by atoms with Crippen LogP contribution in [0.1, 0.15) is 112 Å². The van der Waals surface area contributed by atoms with Gasteiger partial charge in [0.2, 0.25) is 5.79 Å². The predicted octanol–water partition coefficient (Wildman–Crippen LogP) is 7.70. The van der Waals surface area contributed by atoms with E-state index in [4.69, 9.17) is 28.4 Å². The lowest BCUT2D eigenvalue weighted by Gasteiger charge is -2.47. The topological polar surface area (TPSA) is 188 Å². The van der Waals surface area contributed by atoms with Crippen molar-refractivity contribution >= 4 is 23.4 Å². The van der Waals surface area contributed by atoms with Gasteiger partial charge in [0.05, 0.1) is 24.4 Å². The van der Waals surface area contributed by atoms with Crippen LogP contribution < -0.4 is 9.47 Å². The number of para-hydroxylation sites is 1. The molecule has 2 aromatic carbocycles. The molecule has 14 atom stereocenters. The maximum atomic E-state index is 14.6. The highest BCUT2D eigenvalue weighted by Crippen LogP contribution is 2.40. The molecule has 2 bridgehead atoms. The number of benzene rings is 2. The number of carbonyl (C=O) groups is 4. The number of fused-ring (bicyclic) bond motifs is 3. The quantitative estimate of drug-likeness (QED) is 0.126. The molecule has 14 unspecified atom stereocenters. The highest BCUT2D eigenvalue weighted by Gasteiger charge is 2.56. The van der Waals surface area contributed by atoms with Crippen molar-refractivity contribution in [3.63, 3.8) is 0 Å². The monoisotopic (exact) mass is 946 g/mol. The van der Waals surface area contributed by atoms with E-state index in [9.17, 15) is 34.5 Å². The zero-order valence-corrected chi connectivity index (χ0v) is 41.2. The molecular formula is C54H75NO13. The molecule has 4 aliphatic rings. The molecule has 68 heavy (non-hydrogen) atoms. The van der Waals surface area contributed by atoms with Crippen LogP contribution >= 0.6 is 0 Å². The molecule has 3 aliphatic heterocycles. The summed E-state index contributed by atoms with van der Waals surface area (Å²) in [6.45, 7) is 11.2. The molecule has 2 aromatic rings. The van der Waals surface area contributed by atoms with Crippen LogP contribution in [0.15, 0.2) is 77.9 Å². The molecule has 14 heteroatoms. The number of ketones is 2. The molecule has 0 radical (unpaired) electrons. The number of amides is 1. The van der Waals surface area contributed by atoms with E-state index in [1.807, 2.05) is 63.3 Å². The van der Waals surface area contributed by atoms with Crippen molar-refractivity contribution < 1.29 is 62.9 Å². The standard InChI is InChI=1S/C54H75NO13/c1-9-38-26-32(2)25-33(3)27-47(63-7)50-48(64-8)29-35(5)54(62,68-50)51(59)52(60)55-24-14-13-17-42(55)53(61)67-49(36(6)44(57)31-45(38)58)34(4)28-37-18-23-43(56)46(30-37)66-41-21-19-40(20-22-41)65-39-15-11-10-12-16-39/h10-12,15-16,19-22,26,28,33,35-38,42-44,46-50,56-57,62H,9,13-14,17-18,23-25,27,29-31H2,1-8H3. The van der Waals surface area contributed by atoms with E-state index in [1.54, 1.807) is 38.1 Å². The largest absolute Gasteiger partial charge is 0.488 e. The highest BCUT2D eigenvalue weighted by molar-refractivity contribution is 6.39. The number of methoxy groups -OCH3 is 2. The van der Waals surface area contributed by atoms with Gasteiger partial charge < -0.3 is 48.6 Å². The first kappa shape index (κ1) is 52.9. The lowest BCUT2D eigenvalue weighted by molar-refractivity contribution is -0.302. The van der Waals surface area contributed by atoms with Crippen molar-refractivity contribution in [2.75, 3.05) is 20.8 Å². The Labute approximate surface area is 402 Å². The fraction of sp³-hybridized carbons (Fsp3) is 0.630. The van der Waals surface area contributed by atoms with Gasteiger partial charge in [0.25, 0.3) is 11.7 Å². The molecule has 1 aliphatic carbocycles. The van der Waals surface area contributed by atoms with Crippen LogP contribution in [-0.2, 0) is 38.1 Å². The summed E-state index contributed by atoms with van der Waals surface area (Å²) in [7, 11) is 3.06. The molecule has 2 saturated heterocycles. The number of nitrogens with zero attached hydrogens (tertiary/aromatic N) is 1. The number of hydrogen-bond acceptors (Lipinski definition) is 13. The first-order valence-corrected chi connectivity index (χ1v) is 24.7. The molecule has 0 spiro atoms. The van der Waals surface area contributed by atoms with Gasteiger partial charge in [0.1, 0.15) is 47.4 Å². The summed E-state index contributed by atoms with van der Waals surface area (Å²) in [6.07, 6.45) is 2.82. The maximum Gasteiger partial charge on any atom is 0.329 e. The lowest BCUT2D eigenvalue weighted by Crippen LogP contribution is -2.64. The molecule has 3 N–H and O–H groups in total. The molecule has 3 heterocycles. The number of aliphatic hydroxyl groups is 3. The van der Waals surface area contributed by atoms with Gasteiger partial charge in [0, 0.05) is 44.9 Å². The minimum absolute atomic E-state index is 0.0169. The van der Waals surface area contributed by atoms with Crippen LogP contribution in [0.4, 0.5) is 0 Å². The Balaban J connectivity index is 1.29. The van der Waals surface area contributed by atoms with E-state index in [0.717, 1.165) is 5.57 Å². The maximum absolute atomic E-state index is 14.6. The Hall–Kier alpha value is -4.44. The van der Waals surface area contributed by atoms with Crippen LogP contribution in [0.3, 0.4) is 0 Å².